The van der Waals surface area contributed by atoms with E-state index in [-0.39, 0.29) is 24.2 Å². The van der Waals surface area contributed by atoms with E-state index in [1.165, 1.54) is 29.7 Å². The van der Waals surface area contributed by atoms with Crippen LogP contribution in [-0.4, -0.2) is 60.9 Å². The van der Waals surface area contributed by atoms with E-state index in [0.717, 1.165) is 31.6 Å². The second-order valence-electron chi connectivity index (χ2n) is 8.00. The van der Waals surface area contributed by atoms with Crippen LogP contribution in [0.4, 0.5) is 15.8 Å². The van der Waals surface area contributed by atoms with Crippen molar-refractivity contribution < 1.29 is 14.0 Å². The van der Waals surface area contributed by atoms with Crippen LogP contribution < -0.4 is 10.6 Å². The van der Waals surface area contributed by atoms with Gasteiger partial charge in [0.2, 0.25) is 11.8 Å². The van der Waals surface area contributed by atoms with Crippen molar-refractivity contribution in [3.63, 3.8) is 0 Å². The number of aryl methyl sites for hydroxylation is 2. The summed E-state index contributed by atoms with van der Waals surface area (Å²) >= 11 is 0. The summed E-state index contributed by atoms with van der Waals surface area (Å²) < 4.78 is 13.2. The zero-order valence-electron chi connectivity index (χ0n) is 17.0. The summed E-state index contributed by atoms with van der Waals surface area (Å²) in [4.78, 5) is 28.7. The fourth-order valence-corrected chi connectivity index (χ4v) is 4.13. The van der Waals surface area contributed by atoms with E-state index in [1.807, 2.05) is 11.0 Å². The maximum atomic E-state index is 13.2. The van der Waals surface area contributed by atoms with Crippen LogP contribution in [0, 0.1) is 5.82 Å². The van der Waals surface area contributed by atoms with E-state index in [4.69, 9.17) is 0 Å². The van der Waals surface area contributed by atoms with Gasteiger partial charge in [0.05, 0.1) is 13.1 Å². The van der Waals surface area contributed by atoms with Gasteiger partial charge in [-0.05, 0) is 60.7 Å². The number of hydrogen-bond acceptors (Lipinski definition) is 4. The molecule has 7 heteroatoms. The van der Waals surface area contributed by atoms with Crippen LogP contribution in [-0.2, 0) is 22.4 Å². The molecule has 2 amide bonds. The van der Waals surface area contributed by atoms with E-state index < -0.39 is 0 Å². The van der Waals surface area contributed by atoms with Gasteiger partial charge in [-0.1, -0.05) is 12.1 Å². The lowest BCUT2D eigenvalue weighted by Crippen LogP contribution is -2.50. The Balaban J connectivity index is 1.19. The van der Waals surface area contributed by atoms with Gasteiger partial charge in [0.25, 0.3) is 0 Å². The Hall–Kier alpha value is -2.77. The molecule has 2 aromatic carbocycles. The van der Waals surface area contributed by atoms with Crippen molar-refractivity contribution in [1.82, 2.24) is 9.80 Å². The molecule has 2 aromatic rings. The van der Waals surface area contributed by atoms with Crippen LogP contribution in [0.25, 0.3) is 0 Å². The first-order valence-electron chi connectivity index (χ1n) is 10.5. The molecule has 6 nitrogen and oxygen atoms in total. The molecule has 0 bridgehead atoms. The Bertz CT molecular complexity index is 925. The molecule has 30 heavy (non-hydrogen) atoms. The minimum atomic E-state index is -0.375. The first-order chi connectivity index (χ1) is 14.5. The van der Waals surface area contributed by atoms with E-state index >= 15 is 0 Å². The summed E-state index contributed by atoms with van der Waals surface area (Å²) in [5, 5.41) is 5.73. The van der Waals surface area contributed by atoms with Crippen molar-refractivity contribution in [2.45, 2.75) is 19.3 Å². The summed E-state index contributed by atoms with van der Waals surface area (Å²) in [6.07, 6.45) is 3.42. The maximum Gasteiger partial charge on any atom is 0.238 e. The number of rotatable bonds is 6. The van der Waals surface area contributed by atoms with Crippen LogP contribution in [0.3, 0.4) is 0 Å². The number of benzene rings is 2. The zero-order chi connectivity index (χ0) is 20.9. The number of piperazine rings is 1. The Kier molecular flexibility index (Phi) is 6.40. The SMILES string of the molecule is O=C(CN1CCN(CC(=O)Nc2ccc3c(c2)CCC3)CC1)Nc1cccc(F)c1. The third-order valence-electron chi connectivity index (χ3n) is 5.69. The number of halogens is 1. The second-order valence-corrected chi connectivity index (χ2v) is 8.00. The number of nitrogens with one attached hydrogen (secondary N) is 2. The van der Waals surface area contributed by atoms with E-state index in [9.17, 15) is 14.0 Å². The summed E-state index contributed by atoms with van der Waals surface area (Å²) in [5.74, 6) is -0.548. The van der Waals surface area contributed by atoms with Crippen LogP contribution in [0.5, 0.6) is 0 Å². The average Bonchev–Trinajstić information content (AvgIpc) is 3.17. The molecule has 1 fully saturated rings. The monoisotopic (exact) mass is 410 g/mol. The lowest BCUT2D eigenvalue weighted by Gasteiger charge is -2.33. The molecule has 1 heterocycles. The molecule has 1 aliphatic carbocycles. The molecule has 0 atom stereocenters. The van der Waals surface area contributed by atoms with E-state index in [1.54, 1.807) is 12.1 Å². The van der Waals surface area contributed by atoms with Gasteiger partial charge in [0.15, 0.2) is 0 Å². The molecule has 0 spiro atoms. The summed E-state index contributed by atoms with van der Waals surface area (Å²) in [5.41, 5.74) is 4.07. The highest BCUT2D eigenvalue weighted by molar-refractivity contribution is 5.93. The molecule has 4 rings (SSSR count). The van der Waals surface area contributed by atoms with Gasteiger partial charge in [-0.15, -0.1) is 0 Å². The minimum absolute atomic E-state index is 0.00903. The lowest BCUT2D eigenvalue weighted by molar-refractivity contribution is -0.120. The molecule has 0 saturated carbocycles. The molecule has 0 radical (unpaired) electrons. The summed E-state index contributed by atoms with van der Waals surface area (Å²) in [6.45, 7) is 3.48. The molecule has 0 aromatic heterocycles. The van der Waals surface area contributed by atoms with Crippen molar-refractivity contribution in [1.29, 1.82) is 0 Å². The molecular formula is C23H27FN4O2. The van der Waals surface area contributed by atoms with Gasteiger partial charge in [0.1, 0.15) is 5.82 Å². The molecule has 158 valence electrons. The quantitative estimate of drug-likeness (QED) is 0.768. The highest BCUT2D eigenvalue weighted by Crippen LogP contribution is 2.24. The third-order valence-corrected chi connectivity index (χ3v) is 5.69. The van der Waals surface area contributed by atoms with Crippen molar-refractivity contribution >= 4 is 23.2 Å². The summed E-state index contributed by atoms with van der Waals surface area (Å²) in [7, 11) is 0. The van der Waals surface area contributed by atoms with Crippen LogP contribution in [0.1, 0.15) is 17.5 Å². The maximum absolute atomic E-state index is 13.2. The number of anilines is 2. The van der Waals surface area contributed by atoms with Crippen molar-refractivity contribution in [3.05, 3.63) is 59.4 Å². The first kappa shape index (κ1) is 20.5. The first-order valence-corrected chi connectivity index (χ1v) is 10.5. The lowest BCUT2D eigenvalue weighted by atomic mass is 10.1. The molecular weight excluding hydrogens is 383 g/mol. The van der Waals surface area contributed by atoms with Crippen molar-refractivity contribution in [2.75, 3.05) is 49.9 Å². The largest absolute Gasteiger partial charge is 0.325 e. The minimum Gasteiger partial charge on any atom is -0.325 e. The number of carbonyl (C=O) groups is 2. The van der Waals surface area contributed by atoms with Crippen LogP contribution >= 0.6 is 0 Å². The number of carbonyl (C=O) groups excluding carboxylic acids is 2. The standard InChI is InChI=1S/C23H27FN4O2/c24-19-5-2-6-20(14-19)25-22(29)15-27-9-11-28(12-10-27)16-23(30)26-21-8-7-17-3-1-4-18(17)13-21/h2,5-8,13-14H,1,3-4,9-12,15-16H2,(H,25,29)(H,26,30). The highest BCUT2D eigenvalue weighted by atomic mass is 19.1. The van der Waals surface area contributed by atoms with Crippen LogP contribution in [0.2, 0.25) is 0 Å². The zero-order valence-corrected chi connectivity index (χ0v) is 17.0. The molecule has 1 aliphatic heterocycles. The topological polar surface area (TPSA) is 64.7 Å². The molecule has 0 unspecified atom stereocenters. The Labute approximate surface area is 176 Å². The van der Waals surface area contributed by atoms with E-state index in [2.05, 4.69) is 27.7 Å². The predicted molar refractivity (Wildman–Crippen MR) is 115 cm³/mol. The van der Waals surface area contributed by atoms with Crippen molar-refractivity contribution in [3.8, 4) is 0 Å². The smallest absolute Gasteiger partial charge is 0.238 e. The predicted octanol–water partition coefficient (Wildman–Crippen LogP) is 2.51. The molecule has 2 N–H and O–H groups in total. The fourth-order valence-electron chi connectivity index (χ4n) is 4.13. The fraction of sp³-hybridized carbons (Fsp3) is 0.391. The van der Waals surface area contributed by atoms with Gasteiger partial charge in [-0.3, -0.25) is 19.4 Å². The van der Waals surface area contributed by atoms with Gasteiger partial charge < -0.3 is 10.6 Å². The third kappa shape index (κ3) is 5.43. The van der Waals surface area contributed by atoms with Crippen molar-refractivity contribution in [2.24, 2.45) is 0 Å². The van der Waals surface area contributed by atoms with Crippen LogP contribution in [0.15, 0.2) is 42.5 Å². The Morgan fingerprint density at radius 1 is 0.800 bits per heavy atom. The number of amides is 2. The van der Waals surface area contributed by atoms with E-state index in [0.29, 0.717) is 25.3 Å². The van der Waals surface area contributed by atoms with Gasteiger partial charge in [-0.25, -0.2) is 4.39 Å². The average molecular weight is 410 g/mol. The van der Waals surface area contributed by atoms with Gasteiger partial charge in [0, 0.05) is 37.6 Å². The number of fused-ring (bicyclic) bond motifs is 1. The van der Waals surface area contributed by atoms with Gasteiger partial charge >= 0.3 is 0 Å². The number of hydrogen-bond donors (Lipinski definition) is 2. The summed E-state index contributed by atoms with van der Waals surface area (Å²) in [6, 6.07) is 12.1. The number of nitrogens with zero attached hydrogens (tertiary/aromatic N) is 2. The molecule has 2 aliphatic rings. The normalized spacial score (nSPS) is 16.8. The molecule has 1 saturated heterocycles. The highest BCUT2D eigenvalue weighted by Gasteiger charge is 2.21. The van der Waals surface area contributed by atoms with Gasteiger partial charge in [-0.2, -0.15) is 0 Å². The Morgan fingerprint density at radius 3 is 2.03 bits per heavy atom. The Morgan fingerprint density at radius 2 is 1.40 bits per heavy atom. The second kappa shape index (κ2) is 9.36.